The summed E-state index contributed by atoms with van der Waals surface area (Å²) in [4.78, 5) is 22.3. The molecule has 0 saturated heterocycles. The van der Waals surface area contributed by atoms with Crippen molar-refractivity contribution in [2.24, 2.45) is 0 Å². The summed E-state index contributed by atoms with van der Waals surface area (Å²) < 4.78 is 11.3. The molecule has 0 aliphatic carbocycles. The van der Waals surface area contributed by atoms with E-state index in [0.717, 1.165) is 27.6 Å². The van der Waals surface area contributed by atoms with Crippen molar-refractivity contribution in [1.29, 1.82) is 0 Å². The molecular weight excluding hydrogens is 432 g/mol. The summed E-state index contributed by atoms with van der Waals surface area (Å²) in [5, 5.41) is 1.40. The second kappa shape index (κ2) is 8.99. The second-order valence-corrected chi connectivity index (χ2v) is 9.35. The molecule has 0 radical (unpaired) electrons. The zero-order chi connectivity index (χ0) is 22.0. The van der Waals surface area contributed by atoms with Crippen molar-refractivity contribution in [3.8, 4) is 17.1 Å². The lowest BCUT2D eigenvalue weighted by molar-refractivity contribution is -0.0428. The van der Waals surface area contributed by atoms with Crippen LogP contribution in [0.5, 0.6) is 5.75 Å². The highest BCUT2D eigenvalue weighted by Gasteiger charge is 2.30. The van der Waals surface area contributed by atoms with Gasteiger partial charge in [0.1, 0.15) is 10.8 Å². The van der Waals surface area contributed by atoms with E-state index >= 15 is 0 Å². The summed E-state index contributed by atoms with van der Waals surface area (Å²) in [5.74, 6) is 1.72. The van der Waals surface area contributed by atoms with Crippen LogP contribution in [0.15, 0.2) is 53.6 Å². The van der Waals surface area contributed by atoms with E-state index in [1.807, 2.05) is 24.3 Å². The number of hydrogen-bond donors (Lipinski definition) is 0. The smallest absolute Gasteiger partial charge is 0.173 e. The molecule has 7 heteroatoms. The highest BCUT2D eigenvalue weighted by molar-refractivity contribution is 8.00. The Morgan fingerprint density at radius 1 is 1.13 bits per heavy atom. The van der Waals surface area contributed by atoms with Gasteiger partial charge in [-0.2, -0.15) is 0 Å². The zero-order valence-electron chi connectivity index (χ0n) is 17.6. The van der Waals surface area contributed by atoms with Gasteiger partial charge >= 0.3 is 0 Å². The SMILES string of the molecule is COc1ccc(-c2nc3c(c(SCC(=O)c4ccc(Cl)cc4)n2)COC(C)(C)C3)cc1. The van der Waals surface area contributed by atoms with Crippen molar-refractivity contribution < 1.29 is 14.3 Å². The number of carbonyl (C=O) groups is 1. The van der Waals surface area contributed by atoms with Gasteiger partial charge in [0.15, 0.2) is 11.6 Å². The van der Waals surface area contributed by atoms with Crippen LogP contribution in [0, 0.1) is 0 Å². The van der Waals surface area contributed by atoms with Crippen LogP contribution in [0.4, 0.5) is 0 Å². The predicted octanol–water partition coefficient (Wildman–Crippen LogP) is 5.63. The van der Waals surface area contributed by atoms with E-state index in [-0.39, 0.29) is 17.1 Å². The molecule has 160 valence electrons. The highest BCUT2D eigenvalue weighted by atomic mass is 35.5. The normalized spacial score (nSPS) is 14.7. The molecule has 3 aromatic rings. The van der Waals surface area contributed by atoms with E-state index in [4.69, 9.17) is 31.0 Å². The molecule has 0 fully saturated rings. The molecule has 1 aliphatic rings. The number of fused-ring (bicyclic) bond motifs is 1. The fourth-order valence-electron chi connectivity index (χ4n) is 3.36. The minimum Gasteiger partial charge on any atom is -0.497 e. The van der Waals surface area contributed by atoms with Crippen LogP contribution in [0.1, 0.15) is 35.5 Å². The number of hydrogen-bond acceptors (Lipinski definition) is 6. The molecule has 1 aromatic heterocycles. The molecule has 2 aromatic carbocycles. The first-order valence-corrected chi connectivity index (χ1v) is 11.3. The molecule has 0 spiro atoms. The number of halogens is 1. The number of ketones is 1. The average molecular weight is 455 g/mol. The van der Waals surface area contributed by atoms with E-state index in [1.54, 1.807) is 31.4 Å². The lowest BCUT2D eigenvalue weighted by atomic mass is 9.96. The van der Waals surface area contributed by atoms with Crippen LogP contribution < -0.4 is 4.74 Å². The topological polar surface area (TPSA) is 61.3 Å². The number of Topliss-reactive ketones (excluding diaryl/α,β-unsaturated/α-hetero) is 1. The van der Waals surface area contributed by atoms with Crippen LogP contribution in [0.3, 0.4) is 0 Å². The summed E-state index contributed by atoms with van der Waals surface area (Å²) >= 11 is 7.35. The fourth-order valence-corrected chi connectivity index (χ4v) is 4.42. The van der Waals surface area contributed by atoms with Crippen molar-refractivity contribution in [3.05, 3.63) is 70.4 Å². The molecule has 0 saturated carbocycles. The Bertz CT molecular complexity index is 1100. The monoisotopic (exact) mass is 454 g/mol. The molecule has 0 atom stereocenters. The maximum absolute atomic E-state index is 12.7. The molecule has 1 aliphatic heterocycles. The summed E-state index contributed by atoms with van der Waals surface area (Å²) in [6.07, 6.45) is 0.687. The number of rotatable bonds is 6. The molecule has 0 unspecified atom stereocenters. The Hall–Kier alpha value is -2.41. The molecular formula is C24H23ClN2O3S. The van der Waals surface area contributed by atoms with E-state index in [9.17, 15) is 4.79 Å². The Morgan fingerprint density at radius 2 is 1.84 bits per heavy atom. The maximum Gasteiger partial charge on any atom is 0.173 e. The molecule has 5 nitrogen and oxygen atoms in total. The van der Waals surface area contributed by atoms with Gasteiger partial charge < -0.3 is 9.47 Å². The molecule has 0 N–H and O–H groups in total. The third-order valence-corrected chi connectivity index (χ3v) is 6.38. The van der Waals surface area contributed by atoms with Gasteiger partial charge in [-0.15, -0.1) is 0 Å². The number of carbonyl (C=O) groups excluding carboxylic acids is 1. The van der Waals surface area contributed by atoms with Crippen molar-refractivity contribution in [2.45, 2.75) is 37.5 Å². The fraction of sp³-hybridized carbons (Fsp3) is 0.292. The van der Waals surface area contributed by atoms with Crippen molar-refractivity contribution >= 4 is 29.1 Å². The molecule has 0 bridgehead atoms. The number of benzene rings is 2. The van der Waals surface area contributed by atoms with Gasteiger partial charge in [-0.25, -0.2) is 9.97 Å². The lowest BCUT2D eigenvalue weighted by Crippen LogP contribution is -2.33. The molecule has 4 rings (SSSR count). The van der Waals surface area contributed by atoms with Gasteiger partial charge in [-0.05, 0) is 62.4 Å². The number of methoxy groups -OCH3 is 1. The maximum atomic E-state index is 12.7. The quantitative estimate of drug-likeness (QED) is 0.273. The number of thioether (sulfide) groups is 1. The minimum absolute atomic E-state index is 0.0251. The number of aromatic nitrogens is 2. The zero-order valence-corrected chi connectivity index (χ0v) is 19.2. The first-order chi connectivity index (χ1) is 14.8. The number of ether oxygens (including phenoxy) is 2. The Labute approximate surface area is 191 Å². The first kappa shape index (κ1) is 21.8. The van der Waals surface area contributed by atoms with E-state index in [2.05, 4.69) is 13.8 Å². The summed E-state index contributed by atoms with van der Waals surface area (Å²) in [6.45, 7) is 4.55. The predicted molar refractivity (Wildman–Crippen MR) is 123 cm³/mol. The Kier molecular flexibility index (Phi) is 6.32. The van der Waals surface area contributed by atoms with E-state index in [1.165, 1.54) is 11.8 Å². The van der Waals surface area contributed by atoms with Gasteiger partial charge in [0.2, 0.25) is 0 Å². The van der Waals surface area contributed by atoms with Crippen molar-refractivity contribution in [2.75, 3.05) is 12.9 Å². The molecule has 2 heterocycles. The highest BCUT2D eigenvalue weighted by Crippen LogP contribution is 2.34. The average Bonchev–Trinajstić information content (AvgIpc) is 2.76. The Balaban J connectivity index is 1.65. The van der Waals surface area contributed by atoms with E-state index < -0.39 is 0 Å². The van der Waals surface area contributed by atoms with Crippen molar-refractivity contribution in [3.63, 3.8) is 0 Å². The minimum atomic E-state index is -0.292. The van der Waals surface area contributed by atoms with Gasteiger partial charge in [-0.1, -0.05) is 23.4 Å². The molecule has 0 amide bonds. The van der Waals surface area contributed by atoms with Crippen LogP contribution in [0.25, 0.3) is 11.4 Å². The van der Waals surface area contributed by atoms with Crippen LogP contribution in [0.2, 0.25) is 5.02 Å². The third kappa shape index (κ3) is 5.09. The van der Waals surface area contributed by atoms with Crippen LogP contribution in [-0.4, -0.2) is 34.2 Å². The summed E-state index contributed by atoms with van der Waals surface area (Å²) in [7, 11) is 1.64. The van der Waals surface area contributed by atoms with Gasteiger partial charge in [0.05, 0.1) is 30.8 Å². The van der Waals surface area contributed by atoms with Crippen molar-refractivity contribution in [1.82, 2.24) is 9.97 Å². The van der Waals surface area contributed by atoms with Gasteiger partial charge in [0, 0.05) is 28.1 Å². The Morgan fingerprint density at radius 3 is 2.52 bits per heavy atom. The van der Waals surface area contributed by atoms with Crippen LogP contribution in [-0.2, 0) is 17.8 Å². The standard InChI is InChI=1S/C24H23ClN2O3S/c1-24(2)12-20-19(13-30-24)23(31-14-21(28)15-4-8-17(25)9-5-15)27-22(26-20)16-6-10-18(29-3)11-7-16/h4-11H,12-14H2,1-3H3. The summed E-state index contributed by atoms with van der Waals surface area (Å²) in [5.41, 5.74) is 3.18. The lowest BCUT2D eigenvalue weighted by Gasteiger charge is -2.32. The van der Waals surface area contributed by atoms with Crippen LogP contribution >= 0.6 is 23.4 Å². The first-order valence-electron chi connectivity index (χ1n) is 9.94. The van der Waals surface area contributed by atoms with Gasteiger partial charge in [-0.3, -0.25) is 4.79 Å². The summed E-state index contributed by atoms with van der Waals surface area (Å²) in [6, 6.07) is 14.6. The number of nitrogens with zero attached hydrogens (tertiary/aromatic N) is 2. The van der Waals surface area contributed by atoms with E-state index in [0.29, 0.717) is 29.4 Å². The largest absolute Gasteiger partial charge is 0.497 e. The van der Waals surface area contributed by atoms with Gasteiger partial charge in [0.25, 0.3) is 0 Å². The second-order valence-electron chi connectivity index (χ2n) is 7.95. The molecule has 31 heavy (non-hydrogen) atoms. The third-order valence-electron chi connectivity index (χ3n) is 5.11.